The van der Waals surface area contributed by atoms with E-state index in [0.717, 1.165) is 19.5 Å². The van der Waals surface area contributed by atoms with E-state index in [1.54, 1.807) is 11.3 Å². The normalized spacial score (nSPS) is 21.3. The van der Waals surface area contributed by atoms with E-state index >= 15 is 0 Å². The van der Waals surface area contributed by atoms with Crippen LogP contribution in [0.1, 0.15) is 11.3 Å². The molecule has 0 spiro atoms. The third-order valence-corrected chi connectivity index (χ3v) is 4.09. The van der Waals surface area contributed by atoms with Gasteiger partial charge in [-0.15, -0.1) is 22.9 Å². The summed E-state index contributed by atoms with van der Waals surface area (Å²) in [5.74, 6) is 1.22. The number of thiophene rings is 1. The highest BCUT2D eigenvalue weighted by atomic mass is 35.5. The first-order chi connectivity index (χ1) is 7.29. The molecule has 2 nitrogen and oxygen atoms in total. The number of halogens is 1. The van der Waals surface area contributed by atoms with Gasteiger partial charge in [0.05, 0.1) is 0 Å². The first kappa shape index (κ1) is 11.0. The molecule has 4 heteroatoms. The molecular weight excluding hydrogens is 230 g/mol. The van der Waals surface area contributed by atoms with Crippen molar-refractivity contribution in [1.82, 2.24) is 4.90 Å². The van der Waals surface area contributed by atoms with Crippen LogP contribution in [0.25, 0.3) is 0 Å². The van der Waals surface area contributed by atoms with Crippen molar-refractivity contribution in [2.75, 3.05) is 19.0 Å². The molecule has 0 saturated carbocycles. The molecule has 1 aliphatic heterocycles. The first-order valence-corrected chi connectivity index (χ1v) is 6.57. The van der Waals surface area contributed by atoms with E-state index in [2.05, 4.69) is 11.4 Å². The highest BCUT2D eigenvalue weighted by molar-refractivity contribution is 7.09. The monoisotopic (exact) mass is 243 g/mol. The molecule has 2 heterocycles. The zero-order valence-electron chi connectivity index (χ0n) is 8.49. The van der Waals surface area contributed by atoms with Crippen LogP contribution in [0, 0.1) is 5.92 Å². The van der Waals surface area contributed by atoms with Crippen LogP contribution in [0.5, 0.6) is 0 Å². The molecule has 82 valence electrons. The molecule has 1 unspecified atom stereocenters. The van der Waals surface area contributed by atoms with Gasteiger partial charge in [-0.25, -0.2) is 0 Å². The third-order valence-electron chi connectivity index (χ3n) is 2.72. The Kier molecular flexibility index (Phi) is 3.65. The number of likely N-dealkylation sites (tertiary alicyclic amines) is 1. The zero-order chi connectivity index (χ0) is 10.7. The maximum Gasteiger partial charge on any atom is 0.222 e. The Bertz CT molecular complexity index is 325. The maximum atomic E-state index is 11.6. The van der Waals surface area contributed by atoms with Crippen molar-refractivity contribution < 1.29 is 4.79 Å². The van der Waals surface area contributed by atoms with E-state index in [0.29, 0.717) is 18.2 Å². The Hall–Kier alpha value is -0.540. The lowest BCUT2D eigenvalue weighted by Gasteiger charge is -2.15. The zero-order valence-corrected chi connectivity index (χ0v) is 10.1. The van der Waals surface area contributed by atoms with Crippen LogP contribution in [0.4, 0.5) is 0 Å². The maximum absolute atomic E-state index is 11.6. The van der Waals surface area contributed by atoms with Crippen molar-refractivity contribution in [2.24, 2.45) is 5.92 Å². The van der Waals surface area contributed by atoms with Crippen LogP contribution in [0.2, 0.25) is 0 Å². The van der Waals surface area contributed by atoms with E-state index in [1.165, 1.54) is 4.88 Å². The standard InChI is InChI=1S/C11H14ClNOS/c12-7-9-6-11(14)13(8-9)4-3-10-2-1-5-15-10/h1-2,5,9H,3-4,6-8H2. The largest absolute Gasteiger partial charge is 0.342 e. The summed E-state index contributed by atoms with van der Waals surface area (Å²) in [6.07, 6.45) is 1.60. The Morgan fingerprint density at radius 2 is 2.47 bits per heavy atom. The van der Waals surface area contributed by atoms with Crippen molar-refractivity contribution in [1.29, 1.82) is 0 Å². The number of alkyl halides is 1. The average molecular weight is 244 g/mol. The van der Waals surface area contributed by atoms with E-state index in [9.17, 15) is 4.79 Å². The van der Waals surface area contributed by atoms with Gasteiger partial charge in [0.15, 0.2) is 0 Å². The minimum atomic E-state index is 0.261. The summed E-state index contributed by atoms with van der Waals surface area (Å²) in [5, 5.41) is 2.07. The summed E-state index contributed by atoms with van der Waals surface area (Å²) in [4.78, 5) is 14.9. The van der Waals surface area contributed by atoms with E-state index in [-0.39, 0.29) is 5.91 Å². The number of carbonyl (C=O) groups excluding carboxylic acids is 1. The Balaban J connectivity index is 1.83. The summed E-state index contributed by atoms with van der Waals surface area (Å²) in [5.41, 5.74) is 0. The fourth-order valence-corrected chi connectivity index (χ4v) is 2.78. The Morgan fingerprint density at radius 3 is 3.07 bits per heavy atom. The number of nitrogens with zero attached hydrogens (tertiary/aromatic N) is 1. The molecule has 0 bridgehead atoms. The molecule has 1 aliphatic rings. The highest BCUT2D eigenvalue weighted by Gasteiger charge is 2.28. The fourth-order valence-electron chi connectivity index (χ4n) is 1.87. The second-order valence-electron chi connectivity index (χ2n) is 3.89. The molecule has 2 rings (SSSR count). The summed E-state index contributed by atoms with van der Waals surface area (Å²) in [6.45, 7) is 1.68. The van der Waals surface area contributed by atoms with Crippen molar-refractivity contribution in [3.8, 4) is 0 Å². The van der Waals surface area contributed by atoms with Crippen LogP contribution in [0.3, 0.4) is 0 Å². The summed E-state index contributed by atoms with van der Waals surface area (Å²) >= 11 is 7.51. The number of carbonyl (C=O) groups is 1. The van der Waals surface area contributed by atoms with Crippen LogP contribution in [-0.2, 0) is 11.2 Å². The lowest BCUT2D eigenvalue weighted by molar-refractivity contribution is -0.127. The van der Waals surface area contributed by atoms with Gasteiger partial charge in [0, 0.05) is 30.3 Å². The molecular formula is C11H14ClNOS. The molecule has 0 aromatic carbocycles. The smallest absolute Gasteiger partial charge is 0.222 e. The van der Waals surface area contributed by atoms with Gasteiger partial charge in [0.1, 0.15) is 0 Å². The molecule has 1 atom stereocenters. The van der Waals surface area contributed by atoms with Crippen LogP contribution >= 0.6 is 22.9 Å². The Labute approximate surface area is 98.8 Å². The van der Waals surface area contributed by atoms with Crippen molar-refractivity contribution in [2.45, 2.75) is 12.8 Å². The average Bonchev–Trinajstić information content (AvgIpc) is 2.84. The van der Waals surface area contributed by atoms with Gasteiger partial charge in [-0.05, 0) is 23.8 Å². The van der Waals surface area contributed by atoms with Gasteiger partial charge in [-0.3, -0.25) is 4.79 Å². The molecule has 1 amide bonds. The van der Waals surface area contributed by atoms with Crippen molar-refractivity contribution in [3.63, 3.8) is 0 Å². The quantitative estimate of drug-likeness (QED) is 0.744. The lowest BCUT2D eigenvalue weighted by atomic mass is 10.1. The lowest BCUT2D eigenvalue weighted by Crippen LogP contribution is -2.27. The predicted octanol–water partition coefficient (Wildman–Crippen LogP) is 2.38. The molecule has 0 aliphatic carbocycles. The Morgan fingerprint density at radius 1 is 1.60 bits per heavy atom. The van der Waals surface area contributed by atoms with Gasteiger partial charge in [0.25, 0.3) is 0 Å². The molecule has 1 aromatic heterocycles. The summed E-state index contributed by atoms with van der Waals surface area (Å²) in [6, 6.07) is 4.16. The molecule has 15 heavy (non-hydrogen) atoms. The van der Waals surface area contributed by atoms with Gasteiger partial charge in [-0.1, -0.05) is 6.07 Å². The van der Waals surface area contributed by atoms with Crippen LogP contribution < -0.4 is 0 Å². The number of hydrogen-bond acceptors (Lipinski definition) is 2. The number of hydrogen-bond donors (Lipinski definition) is 0. The molecule has 1 fully saturated rings. The van der Waals surface area contributed by atoms with Crippen LogP contribution in [-0.4, -0.2) is 29.8 Å². The molecule has 0 radical (unpaired) electrons. The van der Waals surface area contributed by atoms with Crippen molar-refractivity contribution >= 4 is 28.8 Å². The van der Waals surface area contributed by atoms with Gasteiger partial charge < -0.3 is 4.90 Å². The molecule has 1 aromatic rings. The van der Waals surface area contributed by atoms with E-state index in [1.807, 2.05) is 11.0 Å². The van der Waals surface area contributed by atoms with Gasteiger partial charge >= 0.3 is 0 Å². The highest BCUT2D eigenvalue weighted by Crippen LogP contribution is 2.19. The summed E-state index contributed by atoms with van der Waals surface area (Å²) < 4.78 is 0. The third kappa shape index (κ3) is 2.73. The second kappa shape index (κ2) is 4.99. The minimum absolute atomic E-state index is 0.261. The SMILES string of the molecule is O=C1CC(CCl)CN1CCc1cccs1. The fraction of sp³-hybridized carbons (Fsp3) is 0.545. The number of amides is 1. The van der Waals surface area contributed by atoms with E-state index < -0.39 is 0 Å². The second-order valence-corrected chi connectivity index (χ2v) is 5.23. The summed E-state index contributed by atoms with van der Waals surface area (Å²) in [7, 11) is 0. The minimum Gasteiger partial charge on any atom is -0.342 e. The molecule has 0 N–H and O–H groups in total. The number of rotatable bonds is 4. The molecule has 1 saturated heterocycles. The predicted molar refractivity (Wildman–Crippen MR) is 63.4 cm³/mol. The first-order valence-electron chi connectivity index (χ1n) is 5.15. The van der Waals surface area contributed by atoms with Gasteiger partial charge in [0.2, 0.25) is 5.91 Å². The van der Waals surface area contributed by atoms with Crippen molar-refractivity contribution in [3.05, 3.63) is 22.4 Å². The van der Waals surface area contributed by atoms with Crippen LogP contribution in [0.15, 0.2) is 17.5 Å². The van der Waals surface area contributed by atoms with E-state index in [4.69, 9.17) is 11.6 Å². The van der Waals surface area contributed by atoms with Gasteiger partial charge in [-0.2, -0.15) is 0 Å². The topological polar surface area (TPSA) is 20.3 Å².